The van der Waals surface area contributed by atoms with E-state index < -0.39 is 6.09 Å². The fourth-order valence-electron chi connectivity index (χ4n) is 2.20. The van der Waals surface area contributed by atoms with Crippen molar-refractivity contribution in [1.29, 1.82) is 0 Å². The Balaban J connectivity index is 1.78. The molecule has 0 aromatic carbocycles. The second-order valence-corrected chi connectivity index (χ2v) is 6.56. The van der Waals surface area contributed by atoms with E-state index in [1.54, 1.807) is 30.6 Å². The number of hydrogen-bond acceptors (Lipinski definition) is 8. The molecule has 0 aliphatic carbocycles. The zero-order valence-corrected chi connectivity index (χ0v) is 15.8. The number of rotatable bonds is 6. The maximum absolute atomic E-state index is 11.2. The zero-order chi connectivity index (χ0) is 19.4. The minimum absolute atomic E-state index is 0.0716. The molecular weight excluding hydrogens is 368 g/mol. The molecule has 140 valence electrons. The molecule has 3 aromatic heterocycles. The van der Waals surface area contributed by atoms with Crippen molar-refractivity contribution in [2.75, 3.05) is 17.3 Å². The largest absolute Gasteiger partial charge is 0.489 e. The molecule has 0 spiro atoms. The van der Waals surface area contributed by atoms with Gasteiger partial charge in [-0.1, -0.05) is 0 Å². The van der Waals surface area contributed by atoms with Crippen LogP contribution in [-0.4, -0.2) is 43.7 Å². The molecule has 0 fully saturated rings. The molecule has 0 aliphatic rings. The standard InChI is InChI=1S/C17H18N6O3S/c1-10(2)26-11-6-7-12(19-9-11)14-20-16(27-22-14)21-15-13(5-4-8-18-15)23(3)17(24)25/h4-10H,1-3H3,(H,24,25)(H,18,20,21,22). The Kier molecular flexibility index (Phi) is 5.46. The van der Waals surface area contributed by atoms with E-state index >= 15 is 0 Å². The van der Waals surface area contributed by atoms with E-state index in [0.29, 0.717) is 33.9 Å². The van der Waals surface area contributed by atoms with Crippen molar-refractivity contribution in [2.24, 2.45) is 0 Å². The highest BCUT2D eigenvalue weighted by atomic mass is 32.1. The maximum atomic E-state index is 11.2. The van der Waals surface area contributed by atoms with Gasteiger partial charge in [-0.05, 0) is 38.1 Å². The summed E-state index contributed by atoms with van der Waals surface area (Å²) < 4.78 is 9.86. The molecule has 3 rings (SSSR count). The van der Waals surface area contributed by atoms with Crippen LogP contribution in [0.1, 0.15) is 13.8 Å². The number of pyridine rings is 2. The Bertz CT molecular complexity index is 928. The first-order valence-corrected chi connectivity index (χ1v) is 8.87. The molecule has 0 radical (unpaired) electrons. The molecule has 0 atom stereocenters. The van der Waals surface area contributed by atoms with Crippen molar-refractivity contribution in [3.05, 3.63) is 36.7 Å². The van der Waals surface area contributed by atoms with Gasteiger partial charge < -0.3 is 15.2 Å². The Morgan fingerprint density at radius 3 is 2.78 bits per heavy atom. The molecule has 0 aliphatic heterocycles. The van der Waals surface area contributed by atoms with Gasteiger partial charge in [0.25, 0.3) is 0 Å². The van der Waals surface area contributed by atoms with Crippen LogP contribution in [0.2, 0.25) is 0 Å². The average molecular weight is 386 g/mol. The van der Waals surface area contributed by atoms with Gasteiger partial charge in [-0.3, -0.25) is 4.90 Å². The smallest absolute Gasteiger partial charge is 0.411 e. The Hall–Kier alpha value is -3.27. The molecule has 3 heterocycles. The van der Waals surface area contributed by atoms with Crippen LogP contribution in [0, 0.1) is 0 Å². The molecule has 2 N–H and O–H groups in total. The average Bonchev–Trinajstić information content (AvgIpc) is 3.10. The monoisotopic (exact) mass is 386 g/mol. The summed E-state index contributed by atoms with van der Waals surface area (Å²) >= 11 is 1.13. The van der Waals surface area contributed by atoms with Crippen molar-refractivity contribution in [2.45, 2.75) is 20.0 Å². The molecule has 3 aromatic rings. The Labute approximate surface area is 159 Å². The van der Waals surface area contributed by atoms with Gasteiger partial charge >= 0.3 is 6.09 Å². The van der Waals surface area contributed by atoms with Crippen molar-refractivity contribution in [3.63, 3.8) is 0 Å². The SMILES string of the molecule is CC(C)Oc1ccc(-c2nsc(Nc3ncccc3N(C)C(=O)O)n2)nc1. The van der Waals surface area contributed by atoms with Crippen LogP contribution < -0.4 is 15.0 Å². The predicted molar refractivity (Wildman–Crippen MR) is 103 cm³/mol. The van der Waals surface area contributed by atoms with E-state index in [0.717, 1.165) is 16.4 Å². The van der Waals surface area contributed by atoms with E-state index in [4.69, 9.17) is 4.74 Å². The van der Waals surface area contributed by atoms with Crippen LogP contribution in [0.25, 0.3) is 11.5 Å². The minimum Gasteiger partial charge on any atom is -0.489 e. The molecule has 0 saturated carbocycles. The first-order chi connectivity index (χ1) is 12.9. The van der Waals surface area contributed by atoms with Gasteiger partial charge in [0.1, 0.15) is 11.4 Å². The van der Waals surface area contributed by atoms with Crippen LogP contribution in [0.5, 0.6) is 5.75 Å². The number of hydrogen-bond donors (Lipinski definition) is 2. The molecule has 27 heavy (non-hydrogen) atoms. The lowest BCUT2D eigenvalue weighted by Crippen LogP contribution is -2.24. The van der Waals surface area contributed by atoms with Gasteiger partial charge in [0.05, 0.1) is 18.0 Å². The second-order valence-electron chi connectivity index (χ2n) is 5.81. The maximum Gasteiger partial charge on any atom is 0.411 e. The number of amides is 1. The topological polar surface area (TPSA) is 113 Å². The molecule has 9 nitrogen and oxygen atoms in total. The first-order valence-electron chi connectivity index (χ1n) is 8.09. The van der Waals surface area contributed by atoms with E-state index in [1.165, 1.54) is 7.05 Å². The second kappa shape index (κ2) is 7.96. The fraction of sp³-hybridized carbons (Fsp3) is 0.235. The van der Waals surface area contributed by atoms with Gasteiger partial charge in [-0.15, -0.1) is 0 Å². The van der Waals surface area contributed by atoms with Gasteiger partial charge in [-0.25, -0.2) is 14.8 Å². The van der Waals surface area contributed by atoms with Crippen molar-refractivity contribution in [1.82, 2.24) is 19.3 Å². The molecule has 1 amide bonds. The summed E-state index contributed by atoms with van der Waals surface area (Å²) in [5.74, 6) is 1.51. The van der Waals surface area contributed by atoms with Crippen LogP contribution in [0.4, 0.5) is 21.4 Å². The number of ether oxygens (including phenoxy) is 1. The Morgan fingerprint density at radius 1 is 1.30 bits per heavy atom. The summed E-state index contributed by atoms with van der Waals surface area (Å²) in [5.41, 5.74) is 1.02. The molecule has 0 bridgehead atoms. The van der Waals surface area contributed by atoms with Crippen LogP contribution in [0.3, 0.4) is 0 Å². The summed E-state index contributed by atoms with van der Waals surface area (Å²) in [5, 5.41) is 12.7. The number of anilines is 3. The fourth-order valence-corrected chi connectivity index (χ4v) is 2.78. The lowest BCUT2D eigenvalue weighted by molar-refractivity contribution is 0.203. The van der Waals surface area contributed by atoms with Gasteiger partial charge in [0.2, 0.25) is 5.13 Å². The molecular formula is C17H18N6O3S. The van der Waals surface area contributed by atoms with Crippen LogP contribution >= 0.6 is 11.5 Å². The van der Waals surface area contributed by atoms with E-state index in [2.05, 4.69) is 24.6 Å². The van der Waals surface area contributed by atoms with Gasteiger partial charge in [-0.2, -0.15) is 9.36 Å². The highest BCUT2D eigenvalue weighted by Crippen LogP contribution is 2.28. The minimum atomic E-state index is -1.09. The predicted octanol–water partition coefficient (Wildman–Crippen LogP) is 3.64. The summed E-state index contributed by atoms with van der Waals surface area (Å²) in [6, 6.07) is 6.92. The van der Waals surface area contributed by atoms with E-state index in [-0.39, 0.29) is 6.10 Å². The molecule has 10 heteroatoms. The highest BCUT2D eigenvalue weighted by Gasteiger charge is 2.16. The van der Waals surface area contributed by atoms with Crippen LogP contribution in [-0.2, 0) is 0 Å². The summed E-state index contributed by atoms with van der Waals surface area (Å²) in [6.45, 7) is 3.89. The first kappa shape index (κ1) is 18.5. The third-order valence-electron chi connectivity index (χ3n) is 3.42. The van der Waals surface area contributed by atoms with Crippen LogP contribution in [0.15, 0.2) is 36.7 Å². The number of carbonyl (C=O) groups is 1. The van der Waals surface area contributed by atoms with Crippen molar-refractivity contribution < 1.29 is 14.6 Å². The summed E-state index contributed by atoms with van der Waals surface area (Å²) in [7, 11) is 1.45. The van der Waals surface area contributed by atoms with E-state index in [1.807, 2.05) is 19.9 Å². The number of aromatic nitrogens is 4. The van der Waals surface area contributed by atoms with Crippen molar-refractivity contribution in [3.8, 4) is 17.3 Å². The molecule has 0 saturated heterocycles. The van der Waals surface area contributed by atoms with E-state index in [9.17, 15) is 9.90 Å². The third kappa shape index (κ3) is 4.47. The normalized spacial score (nSPS) is 10.7. The lowest BCUT2D eigenvalue weighted by Gasteiger charge is -2.16. The highest BCUT2D eigenvalue weighted by molar-refractivity contribution is 7.09. The number of carboxylic acid groups (broad SMARTS) is 1. The third-order valence-corrected chi connectivity index (χ3v) is 4.05. The number of nitrogens with one attached hydrogen (secondary N) is 1. The van der Waals surface area contributed by atoms with Gasteiger partial charge in [0, 0.05) is 24.8 Å². The summed E-state index contributed by atoms with van der Waals surface area (Å²) in [4.78, 5) is 25.2. The number of nitrogens with zero attached hydrogens (tertiary/aromatic N) is 5. The molecule has 0 unspecified atom stereocenters. The quantitative estimate of drug-likeness (QED) is 0.660. The zero-order valence-electron chi connectivity index (χ0n) is 14.9. The van der Waals surface area contributed by atoms with Gasteiger partial charge in [0.15, 0.2) is 11.6 Å². The summed E-state index contributed by atoms with van der Waals surface area (Å²) in [6.07, 6.45) is 2.18. The lowest BCUT2D eigenvalue weighted by atomic mass is 10.3. The van der Waals surface area contributed by atoms with Crippen molar-refractivity contribution >= 4 is 34.3 Å². The Morgan fingerprint density at radius 2 is 2.11 bits per heavy atom.